The molecule has 0 bridgehead atoms. The predicted molar refractivity (Wildman–Crippen MR) is 151 cm³/mol. The maximum atomic E-state index is 14.0. The Morgan fingerprint density at radius 2 is 1.86 bits per heavy atom. The van der Waals surface area contributed by atoms with Crippen LogP contribution in [0.25, 0.3) is 11.3 Å². The number of nitrogens with two attached hydrogens (primary N) is 1. The van der Waals surface area contributed by atoms with Crippen molar-refractivity contribution in [2.75, 3.05) is 27.2 Å². The van der Waals surface area contributed by atoms with Crippen molar-refractivity contribution in [3.8, 4) is 17.1 Å². The second-order valence-corrected chi connectivity index (χ2v) is 12.2. The number of aliphatic hydroxyl groups is 3. The third-order valence-electron chi connectivity index (χ3n) is 9.51. The van der Waals surface area contributed by atoms with Crippen LogP contribution >= 0.6 is 0 Å². The number of phenols is 1. The van der Waals surface area contributed by atoms with E-state index in [9.17, 15) is 39.2 Å². The van der Waals surface area contributed by atoms with E-state index < -0.39 is 64.2 Å². The number of halogens is 1. The molecule has 12 heteroatoms. The van der Waals surface area contributed by atoms with Gasteiger partial charge in [0.15, 0.2) is 11.4 Å². The van der Waals surface area contributed by atoms with Crippen molar-refractivity contribution in [2.45, 2.75) is 50.0 Å². The Balaban J connectivity index is 1.45. The zero-order chi connectivity index (χ0) is 31.0. The quantitative estimate of drug-likeness (QED) is 0.322. The number of allylic oxidation sites excluding steroid dienone is 1. The first kappa shape index (κ1) is 29.1. The number of benzene rings is 1. The fraction of sp³-hybridized carbons (Fsp3) is 0.452. The molecule has 1 aromatic heterocycles. The number of primary amides is 1. The number of fused-ring (bicyclic) bond motifs is 3. The molecule has 6 N–H and O–H groups in total. The second-order valence-electron chi connectivity index (χ2n) is 12.2. The fourth-order valence-electron chi connectivity index (χ4n) is 7.46. The molecule has 0 saturated carbocycles. The summed E-state index contributed by atoms with van der Waals surface area (Å²) in [5.74, 6) is -6.50. The number of hydrogen-bond acceptors (Lipinski definition) is 10. The summed E-state index contributed by atoms with van der Waals surface area (Å²) in [5, 5.41) is 45.1. The van der Waals surface area contributed by atoms with Crippen LogP contribution in [0.15, 0.2) is 51.5 Å². The van der Waals surface area contributed by atoms with E-state index in [1.807, 2.05) is 6.07 Å². The number of phenolic OH excluding ortho intramolecular Hbond substituents is 1. The Morgan fingerprint density at radius 1 is 1.16 bits per heavy atom. The molecular formula is C31H34FN3O8. The predicted octanol–water partition coefficient (Wildman–Crippen LogP) is 2.31. The molecule has 11 nitrogen and oxygen atoms in total. The molecule has 43 heavy (non-hydrogen) atoms. The number of hydrogen-bond donors (Lipinski definition) is 5. The summed E-state index contributed by atoms with van der Waals surface area (Å²) in [6, 6.07) is 3.76. The number of aliphatic hydroxyl groups excluding tert-OH is 2. The van der Waals surface area contributed by atoms with Crippen LogP contribution in [0.2, 0.25) is 0 Å². The Bertz CT molecular complexity index is 1600. The van der Waals surface area contributed by atoms with Gasteiger partial charge in [0.25, 0.3) is 5.91 Å². The van der Waals surface area contributed by atoms with Crippen molar-refractivity contribution in [1.82, 2.24) is 9.80 Å². The average molecular weight is 596 g/mol. The minimum absolute atomic E-state index is 0.00988. The van der Waals surface area contributed by atoms with E-state index in [1.54, 1.807) is 20.2 Å². The molecule has 2 heterocycles. The largest absolute Gasteiger partial charge is 0.510 e. The maximum absolute atomic E-state index is 14.0. The minimum Gasteiger partial charge on any atom is -0.510 e. The van der Waals surface area contributed by atoms with E-state index in [2.05, 4.69) is 4.90 Å². The van der Waals surface area contributed by atoms with Gasteiger partial charge in [0, 0.05) is 42.3 Å². The molecule has 0 spiro atoms. The van der Waals surface area contributed by atoms with Gasteiger partial charge >= 0.3 is 0 Å². The van der Waals surface area contributed by atoms with Gasteiger partial charge in [0.2, 0.25) is 5.78 Å². The van der Waals surface area contributed by atoms with Gasteiger partial charge in [0.05, 0.1) is 17.9 Å². The number of carbonyl (C=O) groups excluding carboxylic acids is 3. The Hall–Kier alpha value is -4.00. The Morgan fingerprint density at radius 3 is 2.51 bits per heavy atom. The number of likely N-dealkylation sites (tertiary alicyclic amines) is 1. The van der Waals surface area contributed by atoms with Crippen LogP contribution in [-0.4, -0.2) is 92.7 Å². The monoisotopic (exact) mass is 595 g/mol. The standard InChI is InChI=1S/C31H34FN3O8/c1-34(2)24-19-12-15-11-18-17(27-14(7-10-43-27)13-35-8-5-16(32)6-9-35)3-4-20(36)22(18)25(37)21(15)28(39)31(19,42)29(40)23(26(24)38)30(33)41/h3-4,7,10,15-16,19,24,36,38-39,42H,5-6,8-9,11-13H2,1-2H3,(H2,33,41)/t15-,19-,24-,31-/m0/s1. The number of furan rings is 1. The first-order valence-corrected chi connectivity index (χ1v) is 14.3. The summed E-state index contributed by atoms with van der Waals surface area (Å²) in [4.78, 5) is 43.3. The van der Waals surface area contributed by atoms with Crippen LogP contribution in [0.1, 0.15) is 40.7 Å². The number of aromatic hydroxyl groups is 1. The van der Waals surface area contributed by atoms with Gasteiger partial charge in [0.1, 0.15) is 34.8 Å². The van der Waals surface area contributed by atoms with Gasteiger partial charge in [-0.05, 0) is 69.5 Å². The van der Waals surface area contributed by atoms with Crippen LogP contribution in [-0.2, 0) is 22.6 Å². The molecular weight excluding hydrogens is 561 g/mol. The third kappa shape index (κ3) is 4.30. The van der Waals surface area contributed by atoms with E-state index in [-0.39, 0.29) is 29.7 Å². The van der Waals surface area contributed by atoms with Gasteiger partial charge in [-0.1, -0.05) is 0 Å². The van der Waals surface area contributed by atoms with Crippen molar-refractivity contribution in [1.29, 1.82) is 0 Å². The van der Waals surface area contributed by atoms with Crippen molar-refractivity contribution >= 4 is 17.5 Å². The van der Waals surface area contributed by atoms with E-state index >= 15 is 0 Å². The average Bonchev–Trinajstić information content (AvgIpc) is 3.39. The topological polar surface area (TPSA) is 178 Å². The molecule has 3 aliphatic carbocycles. The first-order chi connectivity index (χ1) is 20.4. The van der Waals surface area contributed by atoms with Gasteiger partial charge in [-0.3, -0.25) is 24.2 Å². The van der Waals surface area contributed by atoms with Gasteiger partial charge in [-0.15, -0.1) is 0 Å². The molecule has 0 unspecified atom stereocenters. The number of Topliss-reactive ketones (excluding diaryl/α,β-unsaturated/α-hetero) is 2. The number of amides is 1. The minimum atomic E-state index is -2.70. The van der Waals surface area contributed by atoms with Crippen LogP contribution in [0.5, 0.6) is 5.75 Å². The zero-order valence-corrected chi connectivity index (χ0v) is 23.8. The number of nitrogens with zero attached hydrogens (tertiary/aromatic N) is 2. The van der Waals surface area contributed by atoms with E-state index in [0.717, 1.165) is 5.56 Å². The molecule has 1 aromatic carbocycles. The van der Waals surface area contributed by atoms with Crippen molar-refractivity contribution in [3.63, 3.8) is 0 Å². The lowest BCUT2D eigenvalue weighted by atomic mass is 9.58. The molecule has 1 saturated heterocycles. The maximum Gasteiger partial charge on any atom is 0.255 e. The molecule has 1 aliphatic heterocycles. The number of ketones is 2. The Labute approximate surface area is 246 Å². The molecule has 228 valence electrons. The second kappa shape index (κ2) is 10.3. The van der Waals surface area contributed by atoms with Crippen molar-refractivity contribution < 1.29 is 43.6 Å². The van der Waals surface area contributed by atoms with E-state index in [0.29, 0.717) is 49.4 Å². The van der Waals surface area contributed by atoms with Gasteiger partial charge < -0.3 is 30.6 Å². The highest BCUT2D eigenvalue weighted by atomic mass is 19.1. The summed E-state index contributed by atoms with van der Waals surface area (Å²) in [5.41, 5.74) is 3.43. The normalized spacial score (nSPS) is 28.3. The highest BCUT2D eigenvalue weighted by Crippen LogP contribution is 2.53. The van der Waals surface area contributed by atoms with Crippen LogP contribution in [0.3, 0.4) is 0 Å². The van der Waals surface area contributed by atoms with Crippen molar-refractivity contribution in [3.05, 3.63) is 63.8 Å². The van der Waals surface area contributed by atoms with E-state index in [1.165, 1.54) is 17.2 Å². The van der Waals surface area contributed by atoms with E-state index in [4.69, 9.17) is 10.2 Å². The lowest BCUT2D eigenvalue weighted by molar-refractivity contribution is -0.148. The number of piperidine rings is 1. The number of carbonyl (C=O) groups is 3. The summed E-state index contributed by atoms with van der Waals surface area (Å²) in [7, 11) is 3.16. The molecule has 6 rings (SSSR count). The number of rotatable bonds is 5. The first-order valence-electron chi connectivity index (χ1n) is 14.3. The number of alkyl halides is 1. The summed E-state index contributed by atoms with van der Waals surface area (Å²) in [6.07, 6.45) is 1.76. The Kier molecular flexibility index (Phi) is 6.98. The molecule has 1 amide bonds. The third-order valence-corrected chi connectivity index (χ3v) is 9.51. The lowest BCUT2D eigenvalue weighted by Gasteiger charge is -2.50. The highest BCUT2D eigenvalue weighted by molar-refractivity contribution is 6.24. The molecule has 4 aliphatic rings. The molecule has 0 radical (unpaired) electrons. The van der Waals surface area contributed by atoms with Gasteiger partial charge in [-0.25, -0.2) is 4.39 Å². The van der Waals surface area contributed by atoms with Crippen molar-refractivity contribution in [2.24, 2.45) is 17.6 Å². The number of likely N-dealkylation sites (N-methyl/N-ethyl adjacent to an activating group) is 1. The highest BCUT2D eigenvalue weighted by Gasteiger charge is 2.63. The van der Waals surface area contributed by atoms with Crippen LogP contribution in [0, 0.1) is 11.8 Å². The zero-order valence-electron chi connectivity index (χ0n) is 23.8. The molecule has 4 atom stereocenters. The summed E-state index contributed by atoms with van der Waals surface area (Å²) in [6.45, 7) is 1.71. The van der Waals surface area contributed by atoms with Gasteiger partial charge in [-0.2, -0.15) is 0 Å². The SMILES string of the molecule is CN(C)[C@@H]1C(O)=C(C(N)=O)C(=O)[C@@]2(O)C(O)=C3C(=O)c4c(O)ccc(-c5occc5CN5CCC(F)CC5)c4C[C@H]3C[C@@H]12. The fourth-order valence-corrected chi connectivity index (χ4v) is 7.46. The lowest BCUT2D eigenvalue weighted by Crippen LogP contribution is -2.63. The summed E-state index contributed by atoms with van der Waals surface area (Å²) >= 11 is 0. The van der Waals surface area contributed by atoms with Crippen LogP contribution < -0.4 is 5.73 Å². The molecule has 1 fully saturated rings. The summed E-state index contributed by atoms with van der Waals surface area (Å²) < 4.78 is 19.6. The smallest absolute Gasteiger partial charge is 0.255 e. The molecule has 2 aromatic rings. The van der Waals surface area contributed by atoms with Crippen LogP contribution in [0.4, 0.5) is 4.39 Å².